The van der Waals surface area contributed by atoms with E-state index in [0.29, 0.717) is 16.8 Å². The molecule has 1 heterocycles. The van der Waals surface area contributed by atoms with E-state index in [1.54, 1.807) is 24.3 Å². The second kappa shape index (κ2) is 11.7. The first-order chi connectivity index (χ1) is 19.4. The van der Waals surface area contributed by atoms with Gasteiger partial charge in [-0.15, -0.1) is 0 Å². The largest absolute Gasteiger partial charge is 0.352 e. The van der Waals surface area contributed by atoms with Crippen molar-refractivity contribution in [3.05, 3.63) is 114 Å². The summed E-state index contributed by atoms with van der Waals surface area (Å²) < 4.78 is 14.9. The van der Waals surface area contributed by atoms with E-state index in [1.807, 2.05) is 74.5 Å². The number of carbonyl (C=O) groups excluding carboxylic acids is 3. The van der Waals surface area contributed by atoms with E-state index in [1.165, 1.54) is 15.9 Å². The summed E-state index contributed by atoms with van der Waals surface area (Å²) in [6.07, 6.45) is 0.961. The van der Waals surface area contributed by atoms with E-state index in [9.17, 15) is 18.8 Å². The average molecular weight is 538 g/mol. The minimum atomic E-state index is -0.917. The average Bonchev–Trinajstić information content (AvgIpc) is 3.24. The summed E-state index contributed by atoms with van der Waals surface area (Å²) in [5.41, 5.74) is 2.36. The lowest BCUT2D eigenvalue weighted by atomic mass is 10.0. The van der Waals surface area contributed by atoms with Crippen LogP contribution in [0.4, 0.5) is 10.1 Å². The fourth-order valence-electron chi connectivity index (χ4n) is 5.17. The van der Waals surface area contributed by atoms with Gasteiger partial charge in [0.2, 0.25) is 11.8 Å². The summed E-state index contributed by atoms with van der Waals surface area (Å²) in [7, 11) is 0. The summed E-state index contributed by atoms with van der Waals surface area (Å²) in [4.78, 5) is 44.2. The summed E-state index contributed by atoms with van der Waals surface area (Å²) >= 11 is 0. The van der Waals surface area contributed by atoms with Crippen molar-refractivity contribution in [3.8, 4) is 0 Å². The van der Waals surface area contributed by atoms with Crippen LogP contribution in [-0.4, -0.2) is 41.2 Å². The van der Waals surface area contributed by atoms with E-state index in [0.717, 1.165) is 22.8 Å². The van der Waals surface area contributed by atoms with Crippen molar-refractivity contribution in [2.24, 2.45) is 0 Å². The molecule has 3 amide bonds. The second-order valence-electron chi connectivity index (χ2n) is 10.2. The molecular formula is C33H32FN3O3. The van der Waals surface area contributed by atoms with E-state index in [4.69, 9.17) is 0 Å². The maximum Gasteiger partial charge on any atom is 0.259 e. The van der Waals surface area contributed by atoms with Gasteiger partial charge in [-0.2, -0.15) is 0 Å². The molecule has 6 nitrogen and oxygen atoms in total. The highest BCUT2D eigenvalue weighted by atomic mass is 19.1. The molecule has 204 valence electrons. The Morgan fingerprint density at radius 1 is 0.925 bits per heavy atom. The molecule has 0 saturated heterocycles. The van der Waals surface area contributed by atoms with Gasteiger partial charge < -0.3 is 10.2 Å². The normalized spacial score (nSPS) is 13.8. The SMILES string of the molecule is CC[C@@H](C)NC(=O)[C@@H](Cc1ccccc1)N(Cc1ccccc1F)C(=O)CN1C(=O)c2cccc3cccc1c23. The van der Waals surface area contributed by atoms with Crippen LogP contribution in [-0.2, 0) is 22.6 Å². The molecule has 0 aromatic heterocycles. The van der Waals surface area contributed by atoms with Gasteiger partial charge in [0.15, 0.2) is 0 Å². The molecule has 0 fully saturated rings. The third-order valence-corrected chi connectivity index (χ3v) is 7.51. The Morgan fingerprint density at radius 3 is 2.35 bits per heavy atom. The highest BCUT2D eigenvalue weighted by Gasteiger charge is 2.36. The lowest BCUT2D eigenvalue weighted by Crippen LogP contribution is -2.54. The molecule has 0 aliphatic carbocycles. The Hall–Kier alpha value is -4.52. The number of benzene rings is 4. The molecule has 5 rings (SSSR count). The number of hydrogen-bond acceptors (Lipinski definition) is 3. The number of anilines is 1. The number of amides is 3. The van der Waals surface area contributed by atoms with Crippen LogP contribution in [0.2, 0.25) is 0 Å². The highest BCUT2D eigenvalue weighted by molar-refractivity contribution is 6.26. The zero-order valence-electron chi connectivity index (χ0n) is 22.6. The van der Waals surface area contributed by atoms with Gasteiger partial charge in [0.25, 0.3) is 5.91 Å². The van der Waals surface area contributed by atoms with Crippen LogP contribution in [0.1, 0.15) is 41.8 Å². The van der Waals surface area contributed by atoms with Crippen molar-refractivity contribution in [3.63, 3.8) is 0 Å². The Kier molecular flexibility index (Phi) is 7.91. The van der Waals surface area contributed by atoms with Gasteiger partial charge in [-0.25, -0.2) is 4.39 Å². The molecule has 1 N–H and O–H groups in total. The maximum atomic E-state index is 14.9. The monoisotopic (exact) mass is 537 g/mol. The molecule has 1 aliphatic heterocycles. The third-order valence-electron chi connectivity index (χ3n) is 7.51. The Bertz CT molecular complexity index is 1550. The molecule has 0 unspecified atom stereocenters. The van der Waals surface area contributed by atoms with Crippen LogP contribution in [0, 0.1) is 5.82 Å². The van der Waals surface area contributed by atoms with E-state index in [2.05, 4.69) is 5.32 Å². The van der Waals surface area contributed by atoms with Gasteiger partial charge in [-0.1, -0.05) is 79.7 Å². The van der Waals surface area contributed by atoms with E-state index in [-0.39, 0.29) is 37.4 Å². The zero-order chi connectivity index (χ0) is 28.2. The molecule has 0 saturated carbocycles. The van der Waals surface area contributed by atoms with Crippen LogP contribution in [0.3, 0.4) is 0 Å². The summed E-state index contributed by atoms with van der Waals surface area (Å²) in [5, 5.41) is 4.73. The third kappa shape index (κ3) is 5.45. The summed E-state index contributed by atoms with van der Waals surface area (Å²) in [5.74, 6) is -1.49. The van der Waals surface area contributed by atoms with Gasteiger partial charge in [0.1, 0.15) is 18.4 Å². The second-order valence-corrected chi connectivity index (χ2v) is 10.2. The van der Waals surface area contributed by atoms with E-state index < -0.39 is 17.8 Å². The van der Waals surface area contributed by atoms with Gasteiger partial charge >= 0.3 is 0 Å². The van der Waals surface area contributed by atoms with Crippen molar-refractivity contribution in [1.82, 2.24) is 10.2 Å². The van der Waals surface area contributed by atoms with Crippen molar-refractivity contribution in [2.45, 2.75) is 45.3 Å². The van der Waals surface area contributed by atoms with Crippen molar-refractivity contribution in [1.29, 1.82) is 0 Å². The number of carbonyl (C=O) groups is 3. The molecule has 4 aromatic rings. The quantitative estimate of drug-likeness (QED) is 0.291. The molecule has 7 heteroatoms. The fraction of sp³-hybridized carbons (Fsp3) is 0.242. The molecule has 0 bridgehead atoms. The van der Waals surface area contributed by atoms with Crippen molar-refractivity contribution >= 4 is 34.2 Å². The topological polar surface area (TPSA) is 69.7 Å². The fourth-order valence-corrected chi connectivity index (χ4v) is 5.17. The van der Waals surface area contributed by atoms with Crippen LogP contribution >= 0.6 is 0 Å². The molecule has 4 aromatic carbocycles. The predicted molar refractivity (Wildman–Crippen MR) is 154 cm³/mol. The first kappa shape index (κ1) is 27.1. The van der Waals surface area contributed by atoms with Crippen molar-refractivity contribution in [2.75, 3.05) is 11.4 Å². The summed E-state index contributed by atoms with van der Waals surface area (Å²) in [6.45, 7) is 3.48. The van der Waals surface area contributed by atoms with Crippen LogP contribution in [0.25, 0.3) is 10.8 Å². The number of nitrogens with one attached hydrogen (secondary N) is 1. The van der Waals surface area contributed by atoms with Crippen LogP contribution < -0.4 is 10.2 Å². The molecule has 0 radical (unpaired) electrons. The first-order valence-corrected chi connectivity index (χ1v) is 13.6. The van der Waals surface area contributed by atoms with Gasteiger partial charge in [-0.3, -0.25) is 19.3 Å². The number of hydrogen-bond donors (Lipinski definition) is 1. The maximum absolute atomic E-state index is 14.9. The minimum Gasteiger partial charge on any atom is -0.352 e. The Balaban J connectivity index is 1.52. The Morgan fingerprint density at radius 2 is 1.62 bits per heavy atom. The highest BCUT2D eigenvalue weighted by Crippen LogP contribution is 2.37. The molecule has 1 aliphatic rings. The smallest absolute Gasteiger partial charge is 0.259 e. The van der Waals surface area contributed by atoms with Gasteiger partial charge in [0, 0.05) is 35.5 Å². The summed E-state index contributed by atoms with van der Waals surface area (Å²) in [6, 6.07) is 25.8. The predicted octanol–water partition coefficient (Wildman–Crippen LogP) is 5.49. The van der Waals surface area contributed by atoms with E-state index >= 15 is 0 Å². The van der Waals surface area contributed by atoms with Gasteiger partial charge in [-0.05, 0) is 42.5 Å². The van der Waals surface area contributed by atoms with Crippen LogP contribution in [0.5, 0.6) is 0 Å². The van der Waals surface area contributed by atoms with Crippen LogP contribution in [0.15, 0.2) is 91.0 Å². The molecule has 2 atom stereocenters. The number of rotatable bonds is 10. The minimum absolute atomic E-state index is 0.108. The lowest BCUT2D eigenvalue weighted by molar-refractivity contribution is -0.140. The van der Waals surface area contributed by atoms with Gasteiger partial charge in [0.05, 0.1) is 5.69 Å². The lowest BCUT2D eigenvalue weighted by Gasteiger charge is -2.33. The number of halogens is 1. The molecule has 40 heavy (non-hydrogen) atoms. The standard InChI is InChI=1S/C33H32FN3O3/c1-3-22(2)35-32(39)29(19-23-11-5-4-6-12-23)36(20-25-13-7-8-17-27(25)34)30(38)21-37-28-18-10-15-24-14-9-16-26(31(24)28)33(37)40/h4-18,22,29H,3,19-21H2,1-2H3,(H,35,39)/t22-,29-/m1/s1. The Labute approximate surface area is 233 Å². The van der Waals surface area contributed by atoms with Crippen molar-refractivity contribution < 1.29 is 18.8 Å². The molecular weight excluding hydrogens is 505 g/mol. The number of nitrogens with zero attached hydrogens (tertiary/aromatic N) is 2. The molecule has 0 spiro atoms. The first-order valence-electron chi connectivity index (χ1n) is 13.6. The zero-order valence-corrected chi connectivity index (χ0v) is 22.6.